The predicted molar refractivity (Wildman–Crippen MR) is 84.7 cm³/mol. The van der Waals surface area contributed by atoms with E-state index in [0.717, 1.165) is 3.57 Å². The summed E-state index contributed by atoms with van der Waals surface area (Å²) >= 11 is 2.19. The summed E-state index contributed by atoms with van der Waals surface area (Å²) < 4.78 is 6.67. The molecule has 0 bridgehead atoms. The highest BCUT2D eigenvalue weighted by molar-refractivity contribution is 14.1. The van der Waals surface area contributed by atoms with Crippen molar-refractivity contribution < 1.29 is 4.74 Å². The fraction of sp³-hybridized carbons (Fsp3) is 0.273. The zero-order valence-corrected chi connectivity index (χ0v) is 12.7. The summed E-state index contributed by atoms with van der Waals surface area (Å²) in [5, 5.41) is 0. The van der Waals surface area contributed by atoms with Gasteiger partial charge in [-0.25, -0.2) is 9.98 Å². The van der Waals surface area contributed by atoms with E-state index >= 15 is 0 Å². The van der Waals surface area contributed by atoms with E-state index in [-0.39, 0.29) is 18.5 Å². The van der Waals surface area contributed by atoms with Crippen LogP contribution in [0.25, 0.3) is 0 Å². The molecule has 0 fully saturated rings. The monoisotopic (exact) mass is 376 g/mol. The molecule has 0 aliphatic heterocycles. The van der Waals surface area contributed by atoms with Gasteiger partial charge in [-0.15, -0.1) is 0 Å². The normalized spacial score (nSPS) is 10.6. The highest BCUT2D eigenvalue weighted by Gasteiger charge is 2.24. The van der Waals surface area contributed by atoms with Crippen molar-refractivity contribution in [3.05, 3.63) is 27.8 Å². The first-order valence-electron chi connectivity index (χ1n) is 5.41. The molecule has 0 unspecified atom stereocenters. The van der Waals surface area contributed by atoms with E-state index in [1.54, 1.807) is 6.92 Å². The third kappa shape index (κ3) is 5.64. The number of rotatable bonds is 5. The van der Waals surface area contributed by atoms with Crippen molar-refractivity contribution in [2.45, 2.75) is 12.6 Å². The van der Waals surface area contributed by atoms with Crippen molar-refractivity contribution in [3.8, 4) is 5.75 Å². The molecular formula is C11H17IN6O. The maximum atomic E-state index is 5.61. The maximum absolute atomic E-state index is 5.61. The number of guanidine groups is 2. The van der Waals surface area contributed by atoms with Gasteiger partial charge in [-0.2, -0.15) is 0 Å². The van der Waals surface area contributed by atoms with Crippen LogP contribution in [0.3, 0.4) is 0 Å². The van der Waals surface area contributed by atoms with Gasteiger partial charge in [-0.3, -0.25) is 0 Å². The molecule has 0 amide bonds. The Balaban J connectivity index is 2.85. The molecule has 104 valence electrons. The molecule has 1 rings (SSSR count). The summed E-state index contributed by atoms with van der Waals surface area (Å²) in [5.41, 5.74) is 20.4. The lowest BCUT2D eigenvalue weighted by Crippen LogP contribution is -2.38. The van der Waals surface area contributed by atoms with Gasteiger partial charge in [0.05, 0.1) is 0 Å². The van der Waals surface area contributed by atoms with E-state index in [9.17, 15) is 0 Å². The van der Waals surface area contributed by atoms with Crippen LogP contribution in [0.2, 0.25) is 0 Å². The molecule has 8 N–H and O–H groups in total. The average Bonchev–Trinajstić information content (AvgIpc) is 2.24. The summed E-state index contributed by atoms with van der Waals surface area (Å²) in [6.07, 6.45) is 0. The largest absolute Gasteiger partial charge is 0.489 e. The Morgan fingerprint density at radius 2 is 1.79 bits per heavy atom. The van der Waals surface area contributed by atoms with Crippen LogP contribution in [0, 0.1) is 3.57 Å². The molecule has 8 heteroatoms. The van der Waals surface area contributed by atoms with E-state index in [2.05, 4.69) is 32.6 Å². The van der Waals surface area contributed by atoms with E-state index in [1.807, 2.05) is 24.3 Å². The summed E-state index contributed by atoms with van der Waals surface area (Å²) in [7, 11) is 0. The van der Waals surface area contributed by atoms with Crippen molar-refractivity contribution in [2.75, 3.05) is 6.61 Å². The Labute approximate surface area is 125 Å². The molecular weight excluding hydrogens is 359 g/mol. The number of nitrogens with two attached hydrogens (primary N) is 4. The molecule has 1 aromatic carbocycles. The Kier molecular flexibility index (Phi) is 5.21. The molecule has 0 radical (unpaired) electrons. The van der Waals surface area contributed by atoms with Crippen molar-refractivity contribution in [2.24, 2.45) is 32.9 Å². The predicted octanol–water partition coefficient (Wildman–Crippen LogP) is -0.0670. The Morgan fingerprint density at radius 3 is 2.26 bits per heavy atom. The number of halogens is 1. The van der Waals surface area contributed by atoms with Crippen LogP contribution in [0.5, 0.6) is 5.75 Å². The smallest absolute Gasteiger partial charge is 0.188 e. The summed E-state index contributed by atoms with van der Waals surface area (Å²) in [5.74, 6) is 0.465. The zero-order chi connectivity index (χ0) is 14.5. The SMILES string of the molecule is CC(COc1cccc(I)c1)(N=C(N)N)N=C(N)N. The van der Waals surface area contributed by atoms with Crippen LogP contribution in [0.15, 0.2) is 34.3 Å². The average molecular weight is 376 g/mol. The zero-order valence-electron chi connectivity index (χ0n) is 10.5. The van der Waals surface area contributed by atoms with Gasteiger partial charge in [-0.1, -0.05) is 6.07 Å². The van der Waals surface area contributed by atoms with Crippen molar-refractivity contribution in [1.82, 2.24) is 0 Å². The molecule has 0 heterocycles. The third-order valence-corrected chi connectivity index (χ3v) is 2.72. The molecule has 0 spiro atoms. The van der Waals surface area contributed by atoms with Gasteiger partial charge in [-0.05, 0) is 47.7 Å². The standard InChI is InChI=1S/C11H17IN6O/c1-11(17-9(13)14,18-10(15)16)6-19-8-4-2-3-7(12)5-8/h2-5H,6H2,1H3,(H4,13,14,17)(H4,15,16,18). The minimum atomic E-state index is -1.06. The lowest BCUT2D eigenvalue weighted by atomic mass is 10.2. The highest BCUT2D eigenvalue weighted by atomic mass is 127. The highest BCUT2D eigenvalue weighted by Crippen LogP contribution is 2.18. The summed E-state index contributed by atoms with van der Waals surface area (Å²) in [4.78, 5) is 7.97. The van der Waals surface area contributed by atoms with Crippen molar-refractivity contribution in [3.63, 3.8) is 0 Å². The second-order valence-corrected chi connectivity index (χ2v) is 5.28. The van der Waals surface area contributed by atoms with E-state index in [1.165, 1.54) is 0 Å². The molecule has 0 saturated heterocycles. The Hall–Kier alpha value is -1.71. The summed E-state index contributed by atoms with van der Waals surface area (Å²) in [6, 6.07) is 7.55. The van der Waals surface area contributed by atoms with Crippen LogP contribution in [0.4, 0.5) is 0 Å². The minimum absolute atomic E-state index is 0.112. The van der Waals surface area contributed by atoms with Crippen LogP contribution >= 0.6 is 22.6 Å². The maximum Gasteiger partial charge on any atom is 0.188 e. The van der Waals surface area contributed by atoms with Gasteiger partial charge < -0.3 is 27.7 Å². The van der Waals surface area contributed by atoms with Gasteiger partial charge in [0.15, 0.2) is 17.6 Å². The number of hydrogen-bond donors (Lipinski definition) is 4. The Morgan fingerprint density at radius 1 is 1.21 bits per heavy atom. The molecule has 0 atom stereocenters. The van der Waals surface area contributed by atoms with Crippen LogP contribution in [0.1, 0.15) is 6.92 Å². The van der Waals surface area contributed by atoms with Crippen LogP contribution in [-0.2, 0) is 0 Å². The second-order valence-electron chi connectivity index (χ2n) is 4.04. The first kappa shape index (κ1) is 15.3. The number of ether oxygens (including phenoxy) is 1. The Bertz CT molecular complexity index is 476. The first-order valence-corrected chi connectivity index (χ1v) is 6.48. The number of benzene rings is 1. The fourth-order valence-electron chi connectivity index (χ4n) is 1.42. The molecule has 7 nitrogen and oxygen atoms in total. The minimum Gasteiger partial charge on any atom is -0.489 e. The quantitative estimate of drug-likeness (QED) is 0.324. The van der Waals surface area contributed by atoms with Gasteiger partial charge >= 0.3 is 0 Å². The van der Waals surface area contributed by atoms with Gasteiger partial charge in [0.2, 0.25) is 0 Å². The number of hydrogen-bond acceptors (Lipinski definition) is 3. The van der Waals surface area contributed by atoms with E-state index < -0.39 is 5.66 Å². The van der Waals surface area contributed by atoms with E-state index in [4.69, 9.17) is 27.7 Å². The van der Waals surface area contributed by atoms with Gasteiger partial charge in [0, 0.05) is 3.57 Å². The molecule has 1 aromatic rings. The lowest BCUT2D eigenvalue weighted by molar-refractivity contribution is 0.237. The van der Waals surface area contributed by atoms with Crippen LogP contribution < -0.4 is 27.7 Å². The number of nitrogens with zero attached hydrogens (tertiary/aromatic N) is 2. The van der Waals surface area contributed by atoms with Gasteiger partial charge in [0.25, 0.3) is 0 Å². The molecule has 19 heavy (non-hydrogen) atoms. The lowest BCUT2D eigenvalue weighted by Gasteiger charge is -2.21. The first-order chi connectivity index (χ1) is 8.81. The molecule has 0 saturated carbocycles. The molecule has 0 aliphatic carbocycles. The summed E-state index contributed by atoms with van der Waals surface area (Å²) in [6.45, 7) is 1.78. The number of aliphatic imine (C=N–C) groups is 2. The topological polar surface area (TPSA) is 138 Å². The van der Waals surface area contributed by atoms with Gasteiger partial charge in [0.1, 0.15) is 12.4 Å². The van der Waals surface area contributed by atoms with Crippen molar-refractivity contribution >= 4 is 34.5 Å². The van der Waals surface area contributed by atoms with Crippen molar-refractivity contribution in [1.29, 1.82) is 0 Å². The van der Waals surface area contributed by atoms with E-state index in [0.29, 0.717) is 5.75 Å². The molecule has 0 aromatic heterocycles. The fourth-order valence-corrected chi connectivity index (χ4v) is 1.94. The third-order valence-electron chi connectivity index (χ3n) is 2.05. The van der Waals surface area contributed by atoms with Crippen LogP contribution in [-0.4, -0.2) is 24.2 Å². The second kappa shape index (κ2) is 6.45. The molecule has 0 aliphatic rings.